The number of fused-ring (bicyclic) bond motifs is 1. The number of anilines is 2. The number of carbonyl (C=O) groups excluding carboxylic acids is 1. The molecule has 1 aromatic heterocycles. The average Bonchev–Trinajstić information content (AvgIpc) is 2.49. The Morgan fingerprint density at radius 2 is 1.82 bits per heavy atom. The molecule has 0 aliphatic heterocycles. The minimum Gasteiger partial charge on any atom is -0.594 e. The van der Waals surface area contributed by atoms with Crippen LogP contribution in [0, 0.1) is 11.0 Å². The third-order valence-electron chi connectivity index (χ3n) is 2.85. The minimum atomic E-state index is -0.750. The summed E-state index contributed by atoms with van der Waals surface area (Å²) >= 11 is 0. The van der Waals surface area contributed by atoms with Gasteiger partial charge in [-0.2, -0.15) is 0 Å². The molecule has 2 aromatic carbocycles. The zero-order chi connectivity index (χ0) is 15.5. The number of rotatable bonds is 2. The number of amides is 2. The summed E-state index contributed by atoms with van der Waals surface area (Å²) in [6, 6.07) is 11.5. The van der Waals surface area contributed by atoms with Crippen molar-refractivity contribution in [3.8, 4) is 0 Å². The van der Waals surface area contributed by atoms with Gasteiger partial charge in [-0.3, -0.25) is 5.32 Å². The van der Waals surface area contributed by atoms with Gasteiger partial charge in [-0.1, -0.05) is 24.3 Å². The van der Waals surface area contributed by atoms with Crippen LogP contribution >= 0.6 is 0 Å². The maximum atomic E-state index is 13.4. The fourth-order valence-electron chi connectivity index (χ4n) is 1.87. The first kappa shape index (κ1) is 13.7. The van der Waals surface area contributed by atoms with Crippen LogP contribution in [0.15, 0.2) is 48.5 Å². The maximum Gasteiger partial charge on any atom is 0.326 e. The molecule has 0 atom stereocenters. The van der Waals surface area contributed by atoms with E-state index in [9.17, 15) is 14.4 Å². The van der Waals surface area contributed by atoms with Crippen LogP contribution in [0.2, 0.25) is 0 Å². The van der Waals surface area contributed by atoms with Gasteiger partial charge < -0.3 is 10.5 Å². The Morgan fingerprint density at radius 1 is 1.09 bits per heavy atom. The van der Waals surface area contributed by atoms with E-state index in [0.29, 0.717) is 10.4 Å². The molecule has 0 radical (unpaired) electrons. The Bertz CT molecular complexity index is 856. The van der Waals surface area contributed by atoms with Crippen molar-refractivity contribution in [2.45, 2.75) is 0 Å². The molecule has 8 heteroatoms. The molecule has 3 aromatic rings. The number of benzene rings is 2. The van der Waals surface area contributed by atoms with E-state index in [0.717, 1.165) is 0 Å². The predicted octanol–water partition coefficient (Wildman–Crippen LogP) is 2.05. The summed E-state index contributed by atoms with van der Waals surface area (Å²) in [5.41, 5.74) is 0.673. The lowest BCUT2D eigenvalue weighted by Gasteiger charge is -2.07. The summed E-state index contributed by atoms with van der Waals surface area (Å²) in [6.07, 6.45) is 0. The third kappa shape index (κ3) is 2.75. The van der Waals surface area contributed by atoms with E-state index < -0.39 is 11.8 Å². The maximum absolute atomic E-state index is 13.4. The van der Waals surface area contributed by atoms with Gasteiger partial charge in [0.15, 0.2) is 0 Å². The summed E-state index contributed by atoms with van der Waals surface area (Å²) in [5, 5.41) is 19.9. The van der Waals surface area contributed by atoms with Crippen molar-refractivity contribution in [2.75, 3.05) is 10.6 Å². The van der Waals surface area contributed by atoms with Crippen molar-refractivity contribution in [3.63, 3.8) is 0 Å². The van der Waals surface area contributed by atoms with Gasteiger partial charge in [0.25, 0.3) is 11.5 Å². The first-order valence-corrected chi connectivity index (χ1v) is 6.32. The number of halogens is 1. The number of carbonyl (C=O) groups is 1. The van der Waals surface area contributed by atoms with E-state index in [2.05, 4.69) is 20.7 Å². The second kappa shape index (κ2) is 5.60. The van der Waals surface area contributed by atoms with Crippen LogP contribution in [0.4, 0.5) is 20.8 Å². The number of hydrogen-bond acceptors (Lipinski definition) is 4. The number of para-hydroxylation sites is 3. The second-order valence-electron chi connectivity index (χ2n) is 4.36. The molecule has 2 N–H and O–H groups in total. The summed E-state index contributed by atoms with van der Waals surface area (Å²) in [4.78, 5) is 16.2. The first-order valence-electron chi connectivity index (χ1n) is 6.32. The minimum absolute atomic E-state index is 0.00999. The van der Waals surface area contributed by atoms with Crippen LogP contribution in [0.1, 0.15) is 0 Å². The van der Waals surface area contributed by atoms with Crippen molar-refractivity contribution < 1.29 is 14.0 Å². The van der Waals surface area contributed by atoms with Crippen molar-refractivity contribution in [2.24, 2.45) is 0 Å². The highest BCUT2D eigenvalue weighted by Crippen LogP contribution is 2.13. The lowest BCUT2D eigenvalue weighted by atomic mass is 10.3. The molecule has 0 unspecified atom stereocenters. The van der Waals surface area contributed by atoms with Crippen molar-refractivity contribution in [1.82, 2.24) is 10.1 Å². The average molecular weight is 299 g/mol. The van der Waals surface area contributed by atoms with Gasteiger partial charge in [-0.25, -0.2) is 14.2 Å². The van der Waals surface area contributed by atoms with E-state index in [1.807, 2.05) is 0 Å². The summed E-state index contributed by atoms with van der Waals surface area (Å²) in [7, 11) is 0. The van der Waals surface area contributed by atoms with Crippen LogP contribution in [-0.4, -0.2) is 16.1 Å². The molecule has 2 amide bonds. The van der Waals surface area contributed by atoms with Crippen LogP contribution in [0.5, 0.6) is 0 Å². The van der Waals surface area contributed by atoms with Crippen molar-refractivity contribution in [3.05, 3.63) is 59.6 Å². The second-order valence-corrected chi connectivity index (χ2v) is 4.36. The Balaban J connectivity index is 1.81. The van der Waals surface area contributed by atoms with Crippen LogP contribution < -0.4 is 15.5 Å². The van der Waals surface area contributed by atoms with Gasteiger partial charge in [-0.05, 0) is 23.0 Å². The van der Waals surface area contributed by atoms with E-state index in [1.165, 1.54) is 18.2 Å². The molecule has 0 aliphatic rings. The van der Waals surface area contributed by atoms with Gasteiger partial charge in [0, 0.05) is 6.07 Å². The predicted molar refractivity (Wildman–Crippen MR) is 77.5 cm³/mol. The highest BCUT2D eigenvalue weighted by molar-refractivity contribution is 5.98. The normalized spacial score (nSPS) is 10.4. The standard InChI is InChI=1S/C14H10FN5O2/c15-9-5-1-2-6-10(9)17-14(21)18-13-16-11-7-3-4-8-12(11)20(22)19-13/h1-8H,(H2,16,17,18,19,21). The summed E-state index contributed by atoms with van der Waals surface area (Å²) in [6.45, 7) is 0. The van der Waals surface area contributed by atoms with Gasteiger partial charge in [0.2, 0.25) is 0 Å². The summed E-state index contributed by atoms with van der Waals surface area (Å²) in [5.74, 6) is -0.751. The Labute approximate surface area is 124 Å². The fraction of sp³-hybridized carbons (Fsp3) is 0. The molecule has 22 heavy (non-hydrogen) atoms. The SMILES string of the molecule is O=C(Nc1nc2ccccc2[n+]([O-])n1)Nc1ccccc1F. The van der Waals surface area contributed by atoms with Crippen molar-refractivity contribution in [1.29, 1.82) is 0 Å². The smallest absolute Gasteiger partial charge is 0.326 e. The summed E-state index contributed by atoms with van der Waals surface area (Å²) < 4.78 is 13.4. The number of urea groups is 1. The molecule has 110 valence electrons. The monoisotopic (exact) mass is 299 g/mol. The number of hydrogen-bond donors (Lipinski definition) is 2. The Morgan fingerprint density at radius 3 is 2.64 bits per heavy atom. The fourth-order valence-corrected chi connectivity index (χ4v) is 1.87. The van der Waals surface area contributed by atoms with E-state index in [4.69, 9.17) is 0 Å². The zero-order valence-electron chi connectivity index (χ0n) is 11.2. The third-order valence-corrected chi connectivity index (χ3v) is 2.85. The first-order chi connectivity index (χ1) is 10.6. The van der Waals surface area contributed by atoms with E-state index in [1.54, 1.807) is 30.3 Å². The highest BCUT2D eigenvalue weighted by atomic mass is 19.1. The highest BCUT2D eigenvalue weighted by Gasteiger charge is 2.13. The molecular weight excluding hydrogens is 289 g/mol. The van der Waals surface area contributed by atoms with Gasteiger partial charge in [0.1, 0.15) is 11.3 Å². The topological polar surface area (TPSA) is 93.9 Å². The molecule has 0 bridgehead atoms. The Hall–Kier alpha value is -3.29. The van der Waals surface area contributed by atoms with E-state index >= 15 is 0 Å². The number of aromatic nitrogens is 3. The lowest BCUT2D eigenvalue weighted by Crippen LogP contribution is -2.34. The quantitative estimate of drug-likeness (QED) is 0.559. The van der Waals surface area contributed by atoms with Crippen LogP contribution in [0.3, 0.4) is 0 Å². The molecule has 0 fully saturated rings. The lowest BCUT2D eigenvalue weighted by molar-refractivity contribution is -0.641. The molecular formula is C14H10FN5O2. The zero-order valence-corrected chi connectivity index (χ0v) is 11.2. The molecule has 0 saturated carbocycles. The Kier molecular flexibility index (Phi) is 3.48. The van der Waals surface area contributed by atoms with Gasteiger partial charge in [-0.15, -0.1) is 0 Å². The number of nitrogens with one attached hydrogen (secondary N) is 2. The van der Waals surface area contributed by atoms with Crippen molar-refractivity contribution >= 4 is 28.7 Å². The number of nitrogens with zero attached hydrogens (tertiary/aromatic N) is 3. The molecule has 0 aliphatic carbocycles. The largest absolute Gasteiger partial charge is 0.594 e. The molecule has 1 heterocycles. The molecule has 3 rings (SSSR count). The molecule has 7 nitrogen and oxygen atoms in total. The van der Waals surface area contributed by atoms with Gasteiger partial charge in [0.05, 0.1) is 10.8 Å². The van der Waals surface area contributed by atoms with Gasteiger partial charge >= 0.3 is 6.03 Å². The molecule has 0 saturated heterocycles. The van der Waals surface area contributed by atoms with Crippen LogP contribution in [0.25, 0.3) is 11.0 Å². The van der Waals surface area contributed by atoms with Crippen LogP contribution in [-0.2, 0) is 0 Å². The van der Waals surface area contributed by atoms with E-state index in [-0.39, 0.29) is 17.2 Å². The molecule has 0 spiro atoms.